The van der Waals surface area contributed by atoms with Gasteiger partial charge in [0.2, 0.25) is 6.79 Å². The highest BCUT2D eigenvalue weighted by Gasteiger charge is 2.30. The summed E-state index contributed by atoms with van der Waals surface area (Å²) >= 11 is 0. The minimum Gasteiger partial charge on any atom is -0.454 e. The first kappa shape index (κ1) is 15.4. The number of nitrogens with zero attached hydrogens (tertiary/aromatic N) is 2. The molecule has 5 nitrogen and oxygen atoms in total. The molecule has 0 aromatic heterocycles. The third-order valence-electron chi connectivity index (χ3n) is 4.49. The minimum absolute atomic E-state index is 0.157. The SMILES string of the molecule is C[C@@H]1CCC[C@@H](C)N1C(=O)/C(C#N)=C/c1ccc2c(c1)OCO2. The van der Waals surface area contributed by atoms with Gasteiger partial charge in [-0.3, -0.25) is 4.79 Å². The van der Waals surface area contributed by atoms with Crippen molar-refractivity contribution in [2.24, 2.45) is 0 Å². The van der Waals surface area contributed by atoms with Gasteiger partial charge in [-0.05, 0) is 56.9 Å². The Morgan fingerprint density at radius 3 is 2.65 bits per heavy atom. The number of piperidine rings is 1. The number of hydrogen-bond acceptors (Lipinski definition) is 4. The number of carbonyl (C=O) groups is 1. The lowest BCUT2D eigenvalue weighted by Gasteiger charge is -2.38. The Bertz CT molecular complexity index is 680. The van der Waals surface area contributed by atoms with Gasteiger partial charge in [-0.15, -0.1) is 0 Å². The highest BCUT2D eigenvalue weighted by atomic mass is 16.7. The summed E-state index contributed by atoms with van der Waals surface area (Å²) in [5.74, 6) is 1.14. The molecule has 0 N–H and O–H groups in total. The number of ether oxygens (including phenoxy) is 2. The number of fused-ring (bicyclic) bond motifs is 1. The van der Waals surface area contributed by atoms with Crippen molar-refractivity contribution in [2.75, 3.05) is 6.79 Å². The molecule has 0 aliphatic carbocycles. The Balaban J connectivity index is 1.87. The molecule has 0 spiro atoms. The fourth-order valence-corrected chi connectivity index (χ4v) is 3.27. The summed E-state index contributed by atoms with van der Waals surface area (Å²) < 4.78 is 10.6. The van der Waals surface area contributed by atoms with E-state index in [2.05, 4.69) is 6.07 Å². The quantitative estimate of drug-likeness (QED) is 0.622. The molecule has 2 atom stereocenters. The average molecular weight is 312 g/mol. The molecule has 1 saturated heterocycles. The fraction of sp³-hybridized carbons (Fsp3) is 0.444. The molecule has 120 valence electrons. The second-order valence-electron chi connectivity index (χ2n) is 6.12. The van der Waals surface area contributed by atoms with E-state index < -0.39 is 0 Å². The van der Waals surface area contributed by atoms with Crippen LogP contribution in [0.25, 0.3) is 6.08 Å². The predicted molar refractivity (Wildman–Crippen MR) is 85.8 cm³/mol. The number of likely N-dealkylation sites (tertiary alicyclic amines) is 1. The maximum absolute atomic E-state index is 12.8. The molecule has 0 unspecified atom stereocenters. The molecule has 0 radical (unpaired) electrons. The van der Waals surface area contributed by atoms with E-state index in [1.807, 2.05) is 24.8 Å². The molecule has 23 heavy (non-hydrogen) atoms. The van der Waals surface area contributed by atoms with Crippen LogP contribution in [0.4, 0.5) is 0 Å². The fourth-order valence-electron chi connectivity index (χ4n) is 3.27. The van der Waals surface area contributed by atoms with E-state index in [0.717, 1.165) is 24.8 Å². The lowest BCUT2D eigenvalue weighted by molar-refractivity contribution is -0.132. The van der Waals surface area contributed by atoms with Crippen LogP contribution in [0, 0.1) is 11.3 Å². The highest BCUT2D eigenvalue weighted by Crippen LogP contribution is 2.33. The highest BCUT2D eigenvalue weighted by molar-refractivity contribution is 6.02. The number of rotatable bonds is 2. The maximum Gasteiger partial charge on any atom is 0.265 e. The van der Waals surface area contributed by atoms with Crippen molar-refractivity contribution in [2.45, 2.75) is 45.2 Å². The third-order valence-corrected chi connectivity index (χ3v) is 4.49. The van der Waals surface area contributed by atoms with Crippen molar-refractivity contribution < 1.29 is 14.3 Å². The van der Waals surface area contributed by atoms with Crippen molar-refractivity contribution in [3.05, 3.63) is 29.3 Å². The summed E-state index contributed by atoms with van der Waals surface area (Å²) in [5, 5.41) is 9.43. The van der Waals surface area contributed by atoms with Gasteiger partial charge in [0.05, 0.1) is 0 Å². The van der Waals surface area contributed by atoms with E-state index >= 15 is 0 Å². The van der Waals surface area contributed by atoms with Crippen LogP contribution in [0.3, 0.4) is 0 Å². The van der Waals surface area contributed by atoms with Crippen LogP contribution in [0.1, 0.15) is 38.7 Å². The van der Waals surface area contributed by atoms with E-state index in [9.17, 15) is 10.1 Å². The van der Waals surface area contributed by atoms with Crippen molar-refractivity contribution in [3.8, 4) is 17.6 Å². The third kappa shape index (κ3) is 3.02. The number of benzene rings is 1. The van der Waals surface area contributed by atoms with Gasteiger partial charge in [-0.1, -0.05) is 6.07 Å². The zero-order valence-electron chi connectivity index (χ0n) is 13.4. The maximum atomic E-state index is 12.8. The molecule has 2 aliphatic heterocycles. The topological polar surface area (TPSA) is 62.6 Å². The van der Waals surface area contributed by atoms with E-state index in [1.165, 1.54) is 0 Å². The monoisotopic (exact) mass is 312 g/mol. The lowest BCUT2D eigenvalue weighted by atomic mass is 9.96. The number of nitriles is 1. The van der Waals surface area contributed by atoms with E-state index in [1.54, 1.807) is 18.2 Å². The molecule has 1 fully saturated rings. The number of hydrogen-bond donors (Lipinski definition) is 0. The first-order valence-electron chi connectivity index (χ1n) is 7.94. The smallest absolute Gasteiger partial charge is 0.265 e. The summed E-state index contributed by atoms with van der Waals surface area (Å²) in [5.41, 5.74) is 0.918. The lowest BCUT2D eigenvalue weighted by Crippen LogP contribution is -2.47. The van der Waals surface area contributed by atoms with Gasteiger partial charge in [0.25, 0.3) is 5.91 Å². The van der Waals surface area contributed by atoms with Crippen LogP contribution in [-0.2, 0) is 4.79 Å². The van der Waals surface area contributed by atoms with Crippen LogP contribution in [0.5, 0.6) is 11.5 Å². The molecule has 3 rings (SSSR count). The largest absolute Gasteiger partial charge is 0.454 e. The molecular formula is C18H20N2O3. The summed E-state index contributed by atoms with van der Waals surface area (Å²) in [4.78, 5) is 14.6. The van der Waals surface area contributed by atoms with Gasteiger partial charge < -0.3 is 14.4 Å². The van der Waals surface area contributed by atoms with Gasteiger partial charge in [-0.25, -0.2) is 0 Å². The molecule has 1 aromatic carbocycles. The van der Waals surface area contributed by atoms with Crippen LogP contribution < -0.4 is 9.47 Å². The second-order valence-corrected chi connectivity index (χ2v) is 6.12. The molecule has 0 bridgehead atoms. The zero-order chi connectivity index (χ0) is 16.4. The van der Waals surface area contributed by atoms with Crippen LogP contribution in [-0.4, -0.2) is 29.7 Å². The van der Waals surface area contributed by atoms with E-state index in [-0.39, 0.29) is 30.4 Å². The molecule has 5 heteroatoms. The van der Waals surface area contributed by atoms with Gasteiger partial charge in [0, 0.05) is 12.1 Å². The Labute approximate surface area is 136 Å². The standard InChI is InChI=1S/C18H20N2O3/c1-12-4-3-5-13(2)20(12)18(21)15(10-19)8-14-6-7-16-17(9-14)23-11-22-16/h6-9,12-13H,3-5,11H2,1-2H3/b15-8+/t12-,13-/m1/s1. The molecule has 1 amide bonds. The summed E-state index contributed by atoms with van der Waals surface area (Å²) in [7, 11) is 0. The molecule has 1 aromatic rings. The molecule has 2 heterocycles. The first-order chi connectivity index (χ1) is 11.1. The first-order valence-corrected chi connectivity index (χ1v) is 7.94. The Morgan fingerprint density at radius 1 is 1.26 bits per heavy atom. The van der Waals surface area contributed by atoms with Crippen molar-refractivity contribution >= 4 is 12.0 Å². The predicted octanol–water partition coefficient (Wildman–Crippen LogP) is 3.11. The molecule has 2 aliphatic rings. The molecular weight excluding hydrogens is 292 g/mol. The zero-order valence-corrected chi connectivity index (χ0v) is 13.4. The van der Waals surface area contributed by atoms with E-state index in [0.29, 0.717) is 11.5 Å². The Hall–Kier alpha value is -2.48. The summed E-state index contributed by atoms with van der Waals surface area (Å²) in [6.45, 7) is 4.29. The molecule has 0 saturated carbocycles. The van der Waals surface area contributed by atoms with Crippen molar-refractivity contribution in [1.82, 2.24) is 4.90 Å². The van der Waals surface area contributed by atoms with Gasteiger partial charge in [0.15, 0.2) is 11.5 Å². The summed E-state index contributed by atoms with van der Waals surface area (Å²) in [6, 6.07) is 7.79. The second kappa shape index (κ2) is 6.33. The number of carbonyl (C=O) groups excluding carboxylic acids is 1. The average Bonchev–Trinajstić information content (AvgIpc) is 2.99. The number of amides is 1. The van der Waals surface area contributed by atoms with Gasteiger partial charge >= 0.3 is 0 Å². The van der Waals surface area contributed by atoms with Gasteiger partial charge in [0.1, 0.15) is 11.6 Å². The minimum atomic E-state index is -0.190. The Morgan fingerprint density at radius 2 is 1.96 bits per heavy atom. The van der Waals surface area contributed by atoms with Crippen LogP contribution in [0.2, 0.25) is 0 Å². The Kier molecular flexibility index (Phi) is 4.24. The van der Waals surface area contributed by atoms with E-state index in [4.69, 9.17) is 9.47 Å². The van der Waals surface area contributed by atoms with Crippen LogP contribution >= 0.6 is 0 Å². The van der Waals surface area contributed by atoms with Crippen molar-refractivity contribution in [1.29, 1.82) is 5.26 Å². The van der Waals surface area contributed by atoms with Crippen LogP contribution in [0.15, 0.2) is 23.8 Å². The van der Waals surface area contributed by atoms with Crippen molar-refractivity contribution in [3.63, 3.8) is 0 Å². The normalized spacial score (nSPS) is 23.5. The summed E-state index contributed by atoms with van der Waals surface area (Å²) in [6.07, 6.45) is 4.72. The van der Waals surface area contributed by atoms with Gasteiger partial charge in [-0.2, -0.15) is 5.26 Å².